The summed E-state index contributed by atoms with van der Waals surface area (Å²) < 4.78 is 1.03. The highest BCUT2D eigenvalue weighted by molar-refractivity contribution is 9.11. The SMILES string of the molecule is CN(C)c1ccc(C(=O)N/N=C/c2ccc(Br)s2)cc1. The Morgan fingerprint density at radius 3 is 2.50 bits per heavy atom. The van der Waals surface area contributed by atoms with Gasteiger partial charge in [0, 0.05) is 30.2 Å². The number of anilines is 1. The summed E-state index contributed by atoms with van der Waals surface area (Å²) >= 11 is 4.92. The molecule has 1 N–H and O–H groups in total. The van der Waals surface area contributed by atoms with E-state index in [-0.39, 0.29) is 5.91 Å². The largest absolute Gasteiger partial charge is 0.378 e. The number of rotatable bonds is 4. The summed E-state index contributed by atoms with van der Waals surface area (Å²) in [7, 11) is 3.91. The fourth-order valence-electron chi connectivity index (χ4n) is 1.53. The second-order valence-electron chi connectivity index (χ2n) is 4.28. The Balaban J connectivity index is 1.96. The zero-order valence-electron chi connectivity index (χ0n) is 11.1. The lowest BCUT2D eigenvalue weighted by Crippen LogP contribution is -2.17. The number of hydrazone groups is 1. The molecular formula is C14H14BrN3OS. The van der Waals surface area contributed by atoms with Gasteiger partial charge in [-0.2, -0.15) is 5.10 Å². The van der Waals surface area contributed by atoms with Crippen LogP contribution in [0.4, 0.5) is 5.69 Å². The van der Waals surface area contributed by atoms with Crippen LogP contribution < -0.4 is 10.3 Å². The van der Waals surface area contributed by atoms with Crippen LogP contribution in [0.15, 0.2) is 45.3 Å². The number of benzene rings is 1. The van der Waals surface area contributed by atoms with Gasteiger partial charge in [0.2, 0.25) is 0 Å². The summed E-state index contributed by atoms with van der Waals surface area (Å²) in [6, 6.07) is 11.2. The Hall–Kier alpha value is -1.66. The molecule has 1 amide bonds. The Bertz CT molecular complexity index is 620. The van der Waals surface area contributed by atoms with E-state index in [4.69, 9.17) is 0 Å². The van der Waals surface area contributed by atoms with Gasteiger partial charge < -0.3 is 4.90 Å². The van der Waals surface area contributed by atoms with Crippen molar-refractivity contribution in [1.29, 1.82) is 0 Å². The first-order valence-electron chi connectivity index (χ1n) is 5.92. The highest BCUT2D eigenvalue weighted by Crippen LogP contribution is 2.20. The molecule has 20 heavy (non-hydrogen) atoms. The van der Waals surface area contributed by atoms with Gasteiger partial charge in [-0.15, -0.1) is 11.3 Å². The molecule has 2 aromatic rings. The summed E-state index contributed by atoms with van der Waals surface area (Å²) in [6.07, 6.45) is 1.63. The van der Waals surface area contributed by atoms with Gasteiger partial charge in [-0.1, -0.05) is 0 Å². The molecule has 104 valence electrons. The van der Waals surface area contributed by atoms with Crippen molar-refractivity contribution >= 4 is 45.1 Å². The number of thiophene rings is 1. The maximum atomic E-state index is 11.9. The summed E-state index contributed by atoms with van der Waals surface area (Å²) in [5.41, 5.74) is 4.15. The van der Waals surface area contributed by atoms with Gasteiger partial charge in [0.1, 0.15) is 0 Å². The topological polar surface area (TPSA) is 44.7 Å². The molecule has 0 saturated carbocycles. The van der Waals surface area contributed by atoms with E-state index in [0.29, 0.717) is 5.56 Å². The van der Waals surface area contributed by atoms with Crippen molar-refractivity contribution in [3.05, 3.63) is 50.6 Å². The molecule has 0 aliphatic heterocycles. The first-order valence-corrected chi connectivity index (χ1v) is 7.53. The molecule has 4 nitrogen and oxygen atoms in total. The first kappa shape index (κ1) is 14.7. The van der Waals surface area contributed by atoms with E-state index in [1.807, 2.05) is 43.3 Å². The predicted octanol–water partition coefficient (Wildman–Crippen LogP) is 3.34. The van der Waals surface area contributed by atoms with Crippen molar-refractivity contribution in [1.82, 2.24) is 5.43 Å². The maximum absolute atomic E-state index is 11.9. The Morgan fingerprint density at radius 1 is 1.25 bits per heavy atom. The van der Waals surface area contributed by atoms with Crippen molar-refractivity contribution in [2.45, 2.75) is 0 Å². The van der Waals surface area contributed by atoms with E-state index in [1.54, 1.807) is 29.7 Å². The summed E-state index contributed by atoms with van der Waals surface area (Å²) in [6.45, 7) is 0. The molecule has 0 radical (unpaired) electrons. The van der Waals surface area contributed by atoms with E-state index in [9.17, 15) is 4.79 Å². The minimum absolute atomic E-state index is 0.220. The van der Waals surface area contributed by atoms with Gasteiger partial charge >= 0.3 is 0 Å². The second kappa shape index (κ2) is 6.67. The Morgan fingerprint density at radius 2 is 1.95 bits per heavy atom. The molecule has 2 rings (SSSR count). The van der Waals surface area contributed by atoms with Crippen LogP contribution in [0.3, 0.4) is 0 Å². The number of halogens is 1. The first-order chi connectivity index (χ1) is 9.56. The van der Waals surface area contributed by atoms with Gasteiger partial charge in [-0.25, -0.2) is 5.43 Å². The molecule has 0 aliphatic rings. The minimum atomic E-state index is -0.220. The molecule has 0 fully saturated rings. The molecule has 0 atom stereocenters. The lowest BCUT2D eigenvalue weighted by atomic mass is 10.2. The van der Waals surface area contributed by atoms with Crippen molar-refractivity contribution in [2.75, 3.05) is 19.0 Å². The number of nitrogens with zero attached hydrogens (tertiary/aromatic N) is 2. The molecule has 0 spiro atoms. The number of nitrogens with one attached hydrogen (secondary N) is 1. The van der Waals surface area contributed by atoms with Crippen LogP contribution in [0.2, 0.25) is 0 Å². The van der Waals surface area contributed by atoms with Crippen LogP contribution in [0.25, 0.3) is 0 Å². The van der Waals surface area contributed by atoms with Crippen molar-refractivity contribution < 1.29 is 4.79 Å². The molecule has 1 aromatic carbocycles. The molecular weight excluding hydrogens is 338 g/mol. The third-order valence-corrected chi connectivity index (χ3v) is 4.16. The Labute approximate surface area is 130 Å². The number of carbonyl (C=O) groups is 1. The fraction of sp³-hybridized carbons (Fsp3) is 0.143. The molecule has 6 heteroatoms. The van der Waals surface area contributed by atoms with E-state index in [0.717, 1.165) is 14.4 Å². The lowest BCUT2D eigenvalue weighted by Gasteiger charge is -2.12. The van der Waals surface area contributed by atoms with Gasteiger partial charge in [0.25, 0.3) is 5.91 Å². The normalized spacial score (nSPS) is 10.8. The summed E-state index contributed by atoms with van der Waals surface area (Å²) in [4.78, 5) is 14.8. The molecule has 1 heterocycles. The minimum Gasteiger partial charge on any atom is -0.378 e. The quantitative estimate of drug-likeness (QED) is 0.678. The number of hydrogen-bond donors (Lipinski definition) is 1. The van der Waals surface area contributed by atoms with Crippen LogP contribution in [-0.2, 0) is 0 Å². The van der Waals surface area contributed by atoms with Gasteiger partial charge in [-0.3, -0.25) is 4.79 Å². The van der Waals surface area contributed by atoms with Crippen molar-refractivity contribution in [3.8, 4) is 0 Å². The van der Waals surface area contributed by atoms with Crippen LogP contribution in [0, 0.1) is 0 Å². The maximum Gasteiger partial charge on any atom is 0.271 e. The van der Waals surface area contributed by atoms with Crippen molar-refractivity contribution in [2.24, 2.45) is 5.10 Å². The van der Waals surface area contributed by atoms with Crippen LogP contribution in [0.5, 0.6) is 0 Å². The predicted molar refractivity (Wildman–Crippen MR) is 87.8 cm³/mol. The lowest BCUT2D eigenvalue weighted by molar-refractivity contribution is 0.0955. The second-order valence-corrected chi connectivity index (χ2v) is 6.78. The van der Waals surface area contributed by atoms with Crippen molar-refractivity contribution in [3.63, 3.8) is 0 Å². The summed E-state index contributed by atoms with van der Waals surface area (Å²) in [5, 5.41) is 3.94. The van der Waals surface area contributed by atoms with Gasteiger partial charge in [0.05, 0.1) is 10.0 Å². The average molecular weight is 352 g/mol. The fourth-order valence-corrected chi connectivity index (χ4v) is 2.82. The third-order valence-electron chi connectivity index (χ3n) is 2.60. The molecule has 0 saturated heterocycles. The van der Waals surface area contributed by atoms with E-state index in [1.165, 1.54) is 0 Å². The standard InChI is InChI=1S/C14H14BrN3OS/c1-18(2)11-5-3-10(4-6-11)14(19)17-16-9-12-7-8-13(15)20-12/h3-9H,1-2H3,(H,17,19)/b16-9+. The average Bonchev–Trinajstić information content (AvgIpc) is 2.84. The highest BCUT2D eigenvalue weighted by atomic mass is 79.9. The smallest absolute Gasteiger partial charge is 0.271 e. The third kappa shape index (κ3) is 3.91. The highest BCUT2D eigenvalue weighted by Gasteiger charge is 2.04. The zero-order valence-corrected chi connectivity index (χ0v) is 13.5. The number of hydrogen-bond acceptors (Lipinski definition) is 4. The van der Waals surface area contributed by atoms with Crippen LogP contribution in [0.1, 0.15) is 15.2 Å². The molecule has 0 bridgehead atoms. The van der Waals surface area contributed by atoms with E-state index >= 15 is 0 Å². The molecule has 0 aliphatic carbocycles. The van der Waals surface area contributed by atoms with Crippen LogP contribution in [-0.4, -0.2) is 26.2 Å². The van der Waals surface area contributed by atoms with Gasteiger partial charge in [0.15, 0.2) is 0 Å². The zero-order chi connectivity index (χ0) is 14.5. The van der Waals surface area contributed by atoms with Crippen LogP contribution >= 0.6 is 27.3 Å². The molecule has 1 aromatic heterocycles. The monoisotopic (exact) mass is 351 g/mol. The number of amides is 1. The Kier molecular flexibility index (Phi) is 4.92. The number of carbonyl (C=O) groups excluding carboxylic acids is 1. The van der Waals surface area contributed by atoms with Gasteiger partial charge in [-0.05, 0) is 52.3 Å². The molecule has 0 unspecified atom stereocenters. The van der Waals surface area contributed by atoms with E-state index < -0.39 is 0 Å². The van der Waals surface area contributed by atoms with E-state index in [2.05, 4.69) is 26.5 Å². The summed E-state index contributed by atoms with van der Waals surface area (Å²) in [5.74, 6) is -0.220.